The minimum Gasteiger partial charge on any atom is -0.367 e. The van der Waals surface area contributed by atoms with Crippen molar-refractivity contribution in [3.63, 3.8) is 0 Å². The van der Waals surface area contributed by atoms with Crippen LogP contribution in [0.3, 0.4) is 0 Å². The summed E-state index contributed by atoms with van der Waals surface area (Å²) in [5.74, 6) is 0. The lowest BCUT2D eigenvalue weighted by Gasteiger charge is -2.38. The number of hydrogen-bond acceptors (Lipinski definition) is 1. The summed E-state index contributed by atoms with van der Waals surface area (Å²) < 4.78 is 5.80. The van der Waals surface area contributed by atoms with E-state index in [1.165, 1.54) is 30.4 Å². The van der Waals surface area contributed by atoms with Crippen LogP contribution >= 0.6 is 0 Å². The van der Waals surface area contributed by atoms with Gasteiger partial charge >= 0.3 is 0 Å². The molecule has 1 aliphatic carbocycles. The molecule has 0 aromatic rings. The van der Waals surface area contributed by atoms with Gasteiger partial charge in [-0.05, 0) is 44.3 Å². The van der Waals surface area contributed by atoms with Gasteiger partial charge in [0.2, 0.25) is 0 Å². The Kier molecular flexibility index (Phi) is 1.84. The standard InChI is InChI=1S/C11H16O/c1-9-6-8-12-11(2)7-4-3-5-10(9)11/h5-6H,3-4,7-8H2,1-2H3. The molecule has 0 fully saturated rings. The maximum absolute atomic E-state index is 5.80. The third kappa shape index (κ3) is 1.13. The Morgan fingerprint density at radius 3 is 3.00 bits per heavy atom. The lowest BCUT2D eigenvalue weighted by Crippen LogP contribution is -2.36. The van der Waals surface area contributed by atoms with Crippen molar-refractivity contribution in [2.45, 2.75) is 38.7 Å². The minimum absolute atomic E-state index is 0.0388. The van der Waals surface area contributed by atoms with E-state index in [1.54, 1.807) is 0 Å². The van der Waals surface area contributed by atoms with E-state index in [1.807, 2.05) is 0 Å². The first-order valence-corrected chi connectivity index (χ1v) is 4.74. The van der Waals surface area contributed by atoms with Gasteiger partial charge in [0.15, 0.2) is 0 Å². The van der Waals surface area contributed by atoms with Crippen molar-refractivity contribution in [3.8, 4) is 0 Å². The number of allylic oxidation sites excluding steroid dienone is 1. The number of fused-ring (bicyclic) bond motifs is 1. The van der Waals surface area contributed by atoms with Crippen molar-refractivity contribution >= 4 is 0 Å². The molecule has 1 heterocycles. The van der Waals surface area contributed by atoms with Crippen LogP contribution in [0.4, 0.5) is 0 Å². The predicted octanol–water partition coefficient (Wildman–Crippen LogP) is 2.83. The van der Waals surface area contributed by atoms with Gasteiger partial charge < -0.3 is 4.74 Å². The summed E-state index contributed by atoms with van der Waals surface area (Å²) in [5, 5.41) is 0. The molecule has 12 heavy (non-hydrogen) atoms. The molecule has 66 valence electrons. The van der Waals surface area contributed by atoms with Crippen molar-refractivity contribution in [2.75, 3.05) is 6.61 Å². The first kappa shape index (κ1) is 8.06. The fourth-order valence-electron chi connectivity index (χ4n) is 2.22. The summed E-state index contributed by atoms with van der Waals surface area (Å²) >= 11 is 0. The number of hydrogen-bond donors (Lipinski definition) is 0. The van der Waals surface area contributed by atoms with Gasteiger partial charge in [-0.25, -0.2) is 0 Å². The van der Waals surface area contributed by atoms with Gasteiger partial charge in [-0.1, -0.05) is 12.2 Å². The lowest BCUT2D eigenvalue weighted by molar-refractivity contribution is -0.00253. The lowest BCUT2D eigenvalue weighted by atomic mass is 9.80. The van der Waals surface area contributed by atoms with Crippen LogP contribution in [0.1, 0.15) is 33.1 Å². The summed E-state index contributed by atoms with van der Waals surface area (Å²) in [6.45, 7) is 5.20. The molecule has 1 unspecified atom stereocenters. The molecule has 0 aromatic carbocycles. The molecule has 1 aliphatic heterocycles. The molecule has 2 rings (SSSR count). The molecule has 0 bridgehead atoms. The second-order valence-corrected chi connectivity index (χ2v) is 3.94. The molecule has 0 radical (unpaired) electrons. The summed E-state index contributed by atoms with van der Waals surface area (Å²) in [6.07, 6.45) is 8.20. The third-order valence-corrected chi connectivity index (χ3v) is 2.99. The van der Waals surface area contributed by atoms with Gasteiger partial charge in [0, 0.05) is 0 Å². The van der Waals surface area contributed by atoms with Crippen molar-refractivity contribution in [2.24, 2.45) is 0 Å². The van der Waals surface area contributed by atoms with E-state index < -0.39 is 0 Å². The second-order valence-electron chi connectivity index (χ2n) is 3.94. The highest BCUT2D eigenvalue weighted by atomic mass is 16.5. The average Bonchev–Trinajstić information content (AvgIpc) is 2.04. The second kappa shape index (κ2) is 2.74. The first-order chi connectivity index (χ1) is 5.72. The summed E-state index contributed by atoms with van der Waals surface area (Å²) in [7, 11) is 0. The Morgan fingerprint density at radius 2 is 2.25 bits per heavy atom. The van der Waals surface area contributed by atoms with Crippen molar-refractivity contribution in [1.82, 2.24) is 0 Å². The summed E-state index contributed by atoms with van der Waals surface area (Å²) in [5.41, 5.74) is 2.89. The van der Waals surface area contributed by atoms with Crippen molar-refractivity contribution in [1.29, 1.82) is 0 Å². The summed E-state index contributed by atoms with van der Waals surface area (Å²) in [6, 6.07) is 0. The third-order valence-electron chi connectivity index (χ3n) is 2.99. The maximum atomic E-state index is 5.80. The molecule has 0 saturated heterocycles. The molecule has 0 saturated carbocycles. The molecule has 2 aliphatic rings. The number of rotatable bonds is 0. The van der Waals surface area contributed by atoms with E-state index in [0.29, 0.717) is 0 Å². The number of ether oxygens (including phenoxy) is 1. The van der Waals surface area contributed by atoms with Crippen molar-refractivity contribution in [3.05, 3.63) is 23.3 Å². The molecule has 0 N–H and O–H groups in total. The van der Waals surface area contributed by atoms with E-state index in [2.05, 4.69) is 26.0 Å². The maximum Gasteiger partial charge on any atom is 0.0907 e. The SMILES string of the molecule is CC1=CCOC2(C)CCCC=C12. The zero-order valence-electron chi connectivity index (χ0n) is 7.89. The Hall–Kier alpha value is -0.560. The van der Waals surface area contributed by atoms with Crippen LogP contribution < -0.4 is 0 Å². The van der Waals surface area contributed by atoms with Gasteiger partial charge in [0.05, 0.1) is 12.2 Å². The molecular weight excluding hydrogens is 148 g/mol. The monoisotopic (exact) mass is 164 g/mol. The first-order valence-electron chi connectivity index (χ1n) is 4.74. The van der Waals surface area contributed by atoms with Crippen LogP contribution in [-0.2, 0) is 4.74 Å². The Balaban J connectivity index is 2.39. The van der Waals surface area contributed by atoms with Gasteiger partial charge in [-0.2, -0.15) is 0 Å². The predicted molar refractivity (Wildman–Crippen MR) is 50.0 cm³/mol. The van der Waals surface area contributed by atoms with E-state index in [-0.39, 0.29) is 5.60 Å². The van der Waals surface area contributed by atoms with Crippen LogP contribution in [0, 0.1) is 0 Å². The Labute approximate surface area is 74.1 Å². The molecule has 0 spiro atoms. The highest BCUT2D eigenvalue weighted by Crippen LogP contribution is 2.38. The topological polar surface area (TPSA) is 9.23 Å². The normalized spacial score (nSPS) is 35.2. The van der Waals surface area contributed by atoms with Crippen molar-refractivity contribution < 1.29 is 4.74 Å². The minimum atomic E-state index is 0.0388. The highest BCUT2D eigenvalue weighted by molar-refractivity contribution is 5.39. The molecular formula is C11H16O. The molecule has 1 atom stereocenters. The summed E-state index contributed by atoms with van der Waals surface area (Å²) in [4.78, 5) is 0. The zero-order valence-corrected chi connectivity index (χ0v) is 7.89. The fraction of sp³-hybridized carbons (Fsp3) is 0.636. The average molecular weight is 164 g/mol. The zero-order chi connectivity index (χ0) is 8.60. The Morgan fingerprint density at radius 1 is 1.42 bits per heavy atom. The van der Waals surface area contributed by atoms with Crippen LogP contribution in [0.2, 0.25) is 0 Å². The van der Waals surface area contributed by atoms with E-state index in [9.17, 15) is 0 Å². The van der Waals surface area contributed by atoms with Gasteiger partial charge in [-0.3, -0.25) is 0 Å². The quantitative estimate of drug-likeness (QED) is 0.535. The van der Waals surface area contributed by atoms with Gasteiger partial charge in [-0.15, -0.1) is 0 Å². The largest absolute Gasteiger partial charge is 0.367 e. The van der Waals surface area contributed by atoms with Crippen LogP contribution in [0.25, 0.3) is 0 Å². The van der Waals surface area contributed by atoms with Gasteiger partial charge in [0.25, 0.3) is 0 Å². The fourth-order valence-corrected chi connectivity index (χ4v) is 2.22. The molecule has 0 amide bonds. The highest BCUT2D eigenvalue weighted by Gasteiger charge is 2.34. The van der Waals surface area contributed by atoms with Gasteiger partial charge in [0.1, 0.15) is 0 Å². The van der Waals surface area contributed by atoms with E-state index in [0.717, 1.165) is 6.61 Å². The molecule has 1 heteroatoms. The molecule has 0 aromatic heterocycles. The smallest absolute Gasteiger partial charge is 0.0907 e. The molecule has 1 nitrogen and oxygen atoms in total. The Bertz CT molecular complexity index is 250. The van der Waals surface area contributed by atoms with Crippen LogP contribution in [0.5, 0.6) is 0 Å². The van der Waals surface area contributed by atoms with Crippen LogP contribution in [-0.4, -0.2) is 12.2 Å². The van der Waals surface area contributed by atoms with E-state index >= 15 is 0 Å². The van der Waals surface area contributed by atoms with Crippen LogP contribution in [0.15, 0.2) is 23.3 Å². The van der Waals surface area contributed by atoms with E-state index in [4.69, 9.17) is 4.74 Å².